The molecule has 1 aliphatic carbocycles. The third-order valence-corrected chi connectivity index (χ3v) is 6.27. The highest BCUT2D eigenvalue weighted by Gasteiger charge is 2.29. The molecule has 0 radical (unpaired) electrons. The number of anilines is 1. The Morgan fingerprint density at radius 2 is 2.19 bits per heavy atom. The van der Waals surface area contributed by atoms with Crippen LogP contribution >= 0.6 is 11.3 Å². The maximum absolute atomic E-state index is 12.8. The average Bonchev–Trinajstić information content (AvgIpc) is 3.08. The van der Waals surface area contributed by atoms with Crippen LogP contribution < -0.4 is 10.1 Å². The first-order valence-electron chi connectivity index (χ1n) is 9.99. The number of rotatable bonds is 6. The Bertz CT molecular complexity index is 1080. The van der Waals surface area contributed by atoms with Crippen LogP contribution in [0.3, 0.4) is 0 Å². The van der Waals surface area contributed by atoms with Crippen molar-refractivity contribution in [1.82, 2.24) is 0 Å². The van der Waals surface area contributed by atoms with Crippen LogP contribution in [0.15, 0.2) is 23.8 Å². The predicted molar refractivity (Wildman–Crippen MR) is 118 cm³/mol. The molecule has 1 aromatic carbocycles. The molecule has 1 heterocycles. The molecular weight excluding hydrogens is 416 g/mol. The quantitative estimate of drug-likeness (QED) is 0.394. The Kier molecular flexibility index (Phi) is 6.98. The molecule has 31 heavy (non-hydrogen) atoms. The van der Waals surface area contributed by atoms with Gasteiger partial charge in [-0.2, -0.15) is 5.26 Å². The van der Waals surface area contributed by atoms with E-state index in [0.29, 0.717) is 22.0 Å². The number of benzene rings is 1. The summed E-state index contributed by atoms with van der Waals surface area (Å²) >= 11 is 1.36. The van der Waals surface area contributed by atoms with Crippen molar-refractivity contribution in [3.05, 3.63) is 45.3 Å². The number of carbonyl (C=O) groups is 2. The van der Waals surface area contributed by atoms with Gasteiger partial charge in [0.25, 0.3) is 5.91 Å². The third kappa shape index (κ3) is 4.89. The number of nitriles is 1. The van der Waals surface area contributed by atoms with E-state index >= 15 is 0 Å². The number of esters is 1. The first-order chi connectivity index (χ1) is 14.9. The molecule has 0 saturated carbocycles. The normalized spacial score (nSPS) is 15.5. The molecule has 0 spiro atoms. The number of nitrogens with one attached hydrogen (secondary N) is 1. The lowest BCUT2D eigenvalue weighted by atomic mass is 9.88. The van der Waals surface area contributed by atoms with E-state index < -0.39 is 11.9 Å². The number of methoxy groups -OCH3 is 1. The van der Waals surface area contributed by atoms with E-state index in [4.69, 9.17) is 9.47 Å². The smallest absolute Gasteiger partial charge is 0.341 e. The number of amides is 1. The van der Waals surface area contributed by atoms with Crippen LogP contribution in [0, 0.1) is 17.2 Å². The van der Waals surface area contributed by atoms with Crippen LogP contribution in [-0.4, -0.2) is 30.7 Å². The highest BCUT2D eigenvalue weighted by Crippen LogP contribution is 2.40. The number of phenols is 1. The van der Waals surface area contributed by atoms with Crippen LogP contribution in [-0.2, 0) is 22.4 Å². The van der Waals surface area contributed by atoms with Crippen molar-refractivity contribution in [3.8, 4) is 17.6 Å². The molecule has 162 valence electrons. The topological polar surface area (TPSA) is 109 Å². The second kappa shape index (κ2) is 9.67. The fourth-order valence-corrected chi connectivity index (χ4v) is 4.93. The standard InChI is InChI=1S/C23H24N2O5S/c1-4-30-23(28)20-16-7-5-13(2)9-19(16)31-22(20)25-21(27)15(12-24)10-14-6-8-18(29-3)17(26)11-14/h6,8,10-11,13,26H,4-5,7,9H2,1-3H3,(H,25,27). The lowest BCUT2D eigenvalue weighted by Crippen LogP contribution is -2.17. The van der Waals surface area contributed by atoms with Gasteiger partial charge in [-0.15, -0.1) is 11.3 Å². The maximum atomic E-state index is 12.8. The summed E-state index contributed by atoms with van der Waals surface area (Å²) in [6.45, 7) is 4.13. The number of thiophene rings is 1. The number of nitrogens with zero attached hydrogens (tertiary/aromatic N) is 1. The van der Waals surface area contributed by atoms with Crippen molar-refractivity contribution in [2.45, 2.75) is 33.1 Å². The van der Waals surface area contributed by atoms with Crippen LogP contribution in [0.5, 0.6) is 11.5 Å². The predicted octanol–water partition coefficient (Wildman–Crippen LogP) is 4.31. The number of ether oxygens (including phenoxy) is 2. The minimum absolute atomic E-state index is 0.0985. The molecule has 0 fully saturated rings. The van der Waals surface area contributed by atoms with E-state index in [1.807, 2.05) is 6.07 Å². The number of phenolic OH excluding ortho intramolecular Hbond substituents is 1. The minimum Gasteiger partial charge on any atom is -0.504 e. The molecule has 1 unspecified atom stereocenters. The van der Waals surface area contributed by atoms with Gasteiger partial charge in [0.05, 0.1) is 19.3 Å². The molecule has 2 aromatic rings. The molecule has 8 heteroatoms. The van der Waals surface area contributed by atoms with E-state index in [2.05, 4.69) is 12.2 Å². The molecule has 7 nitrogen and oxygen atoms in total. The summed E-state index contributed by atoms with van der Waals surface area (Å²) in [5.74, 6) is -0.402. The molecule has 1 amide bonds. The number of aromatic hydroxyl groups is 1. The summed E-state index contributed by atoms with van der Waals surface area (Å²) in [6.07, 6.45) is 3.93. The van der Waals surface area contributed by atoms with Gasteiger partial charge in [-0.25, -0.2) is 4.79 Å². The van der Waals surface area contributed by atoms with Gasteiger partial charge in [0.1, 0.15) is 16.6 Å². The average molecular weight is 441 g/mol. The van der Waals surface area contributed by atoms with Crippen molar-refractivity contribution in [2.75, 3.05) is 19.0 Å². The first kappa shape index (κ1) is 22.4. The van der Waals surface area contributed by atoms with E-state index in [1.54, 1.807) is 19.1 Å². The molecule has 0 aliphatic heterocycles. The van der Waals surface area contributed by atoms with Gasteiger partial charge >= 0.3 is 5.97 Å². The van der Waals surface area contributed by atoms with Crippen molar-refractivity contribution < 1.29 is 24.2 Å². The highest BCUT2D eigenvalue weighted by molar-refractivity contribution is 7.17. The molecule has 3 rings (SSSR count). The second-order valence-corrected chi connectivity index (χ2v) is 8.44. The van der Waals surface area contributed by atoms with Crippen LogP contribution in [0.2, 0.25) is 0 Å². The van der Waals surface area contributed by atoms with Crippen molar-refractivity contribution >= 4 is 34.3 Å². The molecule has 1 aromatic heterocycles. The number of hydrogen-bond donors (Lipinski definition) is 2. The van der Waals surface area contributed by atoms with E-state index in [1.165, 1.54) is 30.6 Å². The van der Waals surface area contributed by atoms with Crippen LogP contribution in [0.25, 0.3) is 6.08 Å². The molecule has 0 bridgehead atoms. The van der Waals surface area contributed by atoms with Crippen molar-refractivity contribution in [3.63, 3.8) is 0 Å². The summed E-state index contributed by atoms with van der Waals surface area (Å²) in [5.41, 5.74) is 1.63. The maximum Gasteiger partial charge on any atom is 0.341 e. The zero-order chi connectivity index (χ0) is 22.5. The van der Waals surface area contributed by atoms with Crippen LogP contribution in [0.4, 0.5) is 5.00 Å². The summed E-state index contributed by atoms with van der Waals surface area (Å²) in [6, 6.07) is 6.45. The zero-order valence-electron chi connectivity index (χ0n) is 17.7. The van der Waals surface area contributed by atoms with E-state index in [-0.39, 0.29) is 23.7 Å². The Hall–Kier alpha value is -3.31. The number of hydrogen-bond acceptors (Lipinski definition) is 7. The zero-order valence-corrected chi connectivity index (χ0v) is 18.5. The highest BCUT2D eigenvalue weighted by atomic mass is 32.1. The first-order valence-corrected chi connectivity index (χ1v) is 10.8. The molecule has 1 atom stereocenters. The third-order valence-electron chi connectivity index (χ3n) is 5.10. The fraction of sp³-hybridized carbons (Fsp3) is 0.348. The van der Waals surface area contributed by atoms with E-state index in [0.717, 1.165) is 29.7 Å². The van der Waals surface area contributed by atoms with Gasteiger partial charge in [0, 0.05) is 4.88 Å². The van der Waals surface area contributed by atoms with Gasteiger partial charge in [-0.1, -0.05) is 13.0 Å². The molecule has 2 N–H and O–H groups in total. The van der Waals surface area contributed by atoms with Gasteiger partial charge < -0.3 is 19.9 Å². The van der Waals surface area contributed by atoms with Gasteiger partial charge in [0.15, 0.2) is 11.5 Å². The largest absolute Gasteiger partial charge is 0.504 e. The fourth-order valence-electron chi connectivity index (χ4n) is 3.54. The lowest BCUT2D eigenvalue weighted by Gasteiger charge is -2.18. The summed E-state index contributed by atoms with van der Waals surface area (Å²) in [5, 5.41) is 22.6. The van der Waals surface area contributed by atoms with E-state index in [9.17, 15) is 20.0 Å². The monoisotopic (exact) mass is 440 g/mol. The number of fused-ring (bicyclic) bond motifs is 1. The van der Waals surface area contributed by atoms with Gasteiger partial charge in [0.2, 0.25) is 0 Å². The minimum atomic E-state index is -0.630. The number of carbonyl (C=O) groups excluding carboxylic acids is 2. The van der Waals surface area contributed by atoms with Gasteiger partial charge in [-0.3, -0.25) is 4.79 Å². The van der Waals surface area contributed by atoms with Gasteiger partial charge in [-0.05, 0) is 61.4 Å². The Morgan fingerprint density at radius 3 is 2.84 bits per heavy atom. The molecular formula is C23H24N2O5S. The molecule has 0 saturated heterocycles. The van der Waals surface area contributed by atoms with Crippen molar-refractivity contribution in [1.29, 1.82) is 5.26 Å². The van der Waals surface area contributed by atoms with Crippen molar-refractivity contribution in [2.24, 2.45) is 5.92 Å². The summed E-state index contributed by atoms with van der Waals surface area (Å²) < 4.78 is 10.2. The lowest BCUT2D eigenvalue weighted by molar-refractivity contribution is -0.112. The Balaban J connectivity index is 1.92. The summed E-state index contributed by atoms with van der Waals surface area (Å²) in [4.78, 5) is 26.5. The summed E-state index contributed by atoms with van der Waals surface area (Å²) in [7, 11) is 1.43. The second-order valence-electron chi connectivity index (χ2n) is 7.33. The Labute approximate surface area is 184 Å². The Morgan fingerprint density at radius 1 is 1.42 bits per heavy atom. The van der Waals surface area contributed by atoms with Crippen LogP contribution in [0.1, 0.15) is 46.6 Å². The SMILES string of the molecule is CCOC(=O)c1c(NC(=O)C(C#N)=Cc2ccc(OC)c(O)c2)sc2c1CCC(C)C2. The molecule has 1 aliphatic rings.